The zero-order valence-electron chi connectivity index (χ0n) is 17.3. The Labute approximate surface area is 175 Å². The van der Waals surface area contributed by atoms with Gasteiger partial charge in [-0.2, -0.15) is 0 Å². The summed E-state index contributed by atoms with van der Waals surface area (Å²) >= 11 is 0. The topological polar surface area (TPSA) is 100 Å². The van der Waals surface area contributed by atoms with Gasteiger partial charge >= 0.3 is 5.97 Å². The molecule has 7 nitrogen and oxygen atoms in total. The first-order chi connectivity index (χ1) is 14.1. The number of carbonyl (C=O) groups is 3. The van der Waals surface area contributed by atoms with Gasteiger partial charge in [-0.1, -0.05) is 26.0 Å². The molecule has 2 aliphatic rings. The van der Waals surface area contributed by atoms with Gasteiger partial charge in [0, 0.05) is 23.2 Å². The van der Waals surface area contributed by atoms with Crippen molar-refractivity contribution >= 4 is 17.8 Å². The molecule has 1 aliphatic carbocycles. The minimum Gasteiger partial charge on any atom is -0.481 e. The Morgan fingerprint density at radius 1 is 0.900 bits per heavy atom. The Balaban J connectivity index is 1.87. The maximum Gasteiger partial charge on any atom is 0.309 e. The van der Waals surface area contributed by atoms with Crippen molar-refractivity contribution in [3.8, 4) is 0 Å². The monoisotopic (exact) mass is 407 g/mol. The number of likely N-dealkylation sites (tertiary alicyclic amines) is 1. The molecule has 1 unspecified atom stereocenters. The summed E-state index contributed by atoms with van der Waals surface area (Å²) in [5.74, 6) is -1.70. The van der Waals surface area contributed by atoms with Crippen LogP contribution in [-0.2, 0) is 14.4 Å². The third-order valence-corrected chi connectivity index (χ3v) is 6.52. The van der Waals surface area contributed by atoms with Crippen LogP contribution >= 0.6 is 0 Å². The van der Waals surface area contributed by atoms with Crippen molar-refractivity contribution in [3.05, 3.63) is 60.2 Å². The molecule has 4 rings (SSSR count). The number of imide groups is 1. The second-order valence-electron chi connectivity index (χ2n) is 9.41. The van der Waals surface area contributed by atoms with Gasteiger partial charge in [0.25, 0.3) is 0 Å². The molecular weight excluding hydrogens is 382 g/mol. The number of rotatable bonds is 4. The molecule has 2 bridgehead atoms. The number of carboxylic acid groups (broad SMARTS) is 1. The van der Waals surface area contributed by atoms with E-state index >= 15 is 0 Å². The van der Waals surface area contributed by atoms with Crippen molar-refractivity contribution in [1.29, 1.82) is 0 Å². The molecule has 1 aliphatic heterocycles. The zero-order valence-corrected chi connectivity index (χ0v) is 17.3. The molecule has 7 heteroatoms. The summed E-state index contributed by atoms with van der Waals surface area (Å²) < 4.78 is 0. The summed E-state index contributed by atoms with van der Waals surface area (Å²) in [7, 11) is 0. The summed E-state index contributed by atoms with van der Waals surface area (Å²) in [6.45, 7) is 5.19. The van der Waals surface area contributed by atoms with Crippen molar-refractivity contribution in [2.24, 2.45) is 16.2 Å². The number of pyridine rings is 2. The first kappa shape index (κ1) is 20.2. The standard InChI is InChI=1S/C23H25N3O4/c1-21-12-22(2,14-23(3,13-21)20(29)30)19(28)26(18(21)27)17(15-8-4-6-10-24-15)16-9-5-7-11-25-16/h4-11,17H,12-14H2,1-3H3,(H,29,30)/t21-,22+,23?. The van der Waals surface area contributed by atoms with Gasteiger partial charge in [0.15, 0.2) is 0 Å². The fourth-order valence-corrected chi connectivity index (χ4v) is 5.62. The quantitative estimate of drug-likeness (QED) is 0.781. The van der Waals surface area contributed by atoms with E-state index < -0.39 is 28.3 Å². The molecule has 30 heavy (non-hydrogen) atoms. The number of carbonyl (C=O) groups excluding carboxylic acids is 2. The van der Waals surface area contributed by atoms with E-state index in [0.717, 1.165) is 0 Å². The Hall–Kier alpha value is -3.09. The van der Waals surface area contributed by atoms with Crippen LogP contribution in [0.5, 0.6) is 0 Å². The summed E-state index contributed by atoms with van der Waals surface area (Å²) in [6, 6.07) is 9.95. The molecule has 3 heterocycles. The van der Waals surface area contributed by atoms with Crippen LogP contribution in [0, 0.1) is 16.2 Å². The SMILES string of the molecule is CC1(C(=O)O)C[C@@]2(C)C[C@@](C)(C1)C(=O)N(C(c1ccccn1)c1ccccn1)C2=O. The fourth-order valence-electron chi connectivity index (χ4n) is 5.62. The predicted octanol–water partition coefficient (Wildman–Crippen LogP) is 3.22. The number of amides is 2. The van der Waals surface area contributed by atoms with E-state index in [1.807, 2.05) is 12.1 Å². The fraction of sp³-hybridized carbons (Fsp3) is 0.435. The van der Waals surface area contributed by atoms with Crippen LogP contribution in [0.4, 0.5) is 0 Å². The number of fused-ring (bicyclic) bond motifs is 2. The highest BCUT2D eigenvalue weighted by atomic mass is 16.4. The highest BCUT2D eigenvalue weighted by molar-refractivity contribution is 6.05. The van der Waals surface area contributed by atoms with Crippen molar-refractivity contribution in [2.75, 3.05) is 0 Å². The van der Waals surface area contributed by atoms with E-state index in [-0.39, 0.29) is 24.7 Å². The van der Waals surface area contributed by atoms with Crippen molar-refractivity contribution in [1.82, 2.24) is 14.9 Å². The number of nitrogens with zero attached hydrogens (tertiary/aromatic N) is 3. The largest absolute Gasteiger partial charge is 0.481 e. The first-order valence-corrected chi connectivity index (χ1v) is 10.0. The molecule has 0 radical (unpaired) electrons. The van der Waals surface area contributed by atoms with Crippen LogP contribution in [0.25, 0.3) is 0 Å². The molecule has 2 fully saturated rings. The van der Waals surface area contributed by atoms with Crippen molar-refractivity contribution < 1.29 is 19.5 Å². The van der Waals surface area contributed by atoms with Crippen LogP contribution < -0.4 is 0 Å². The molecular formula is C23H25N3O4. The molecule has 1 saturated heterocycles. The highest BCUT2D eigenvalue weighted by Gasteiger charge is 2.64. The molecule has 3 atom stereocenters. The van der Waals surface area contributed by atoms with Gasteiger partial charge in [0.05, 0.1) is 16.8 Å². The third kappa shape index (κ3) is 3.00. The minimum atomic E-state index is -1.13. The number of aliphatic carboxylic acids is 1. The van der Waals surface area contributed by atoms with Gasteiger partial charge in [0.1, 0.15) is 6.04 Å². The van der Waals surface area contributed by atoms with E-state index in [1.54, 1.807) is 57.4 Å². The molecule has 2 amide bonds. The average molecular weight is 407 g/mol. The van der Waals surface area contributed by atoms with Crippen LogP contribution in [0.15, 0.2) is 48.8 Å². The lowest BCUT2D eigenvalue weighted by Crippen LogP contribution is -2.64. The molecule has 1 N–H and O–H groups in total. The molecule has 2 aromatic heterocycles. The second-order valence-corrected chi connectivity index (χ2v) is 9.41. The molecule has 156 valence electrons. The van der Waals surface area contributed by atoms with Gasteiger partial charge in [-0.05, 0) is 50.5 Å². The summed E-state index contributed by atoms with van der Waals surface area (Å²) in [4.78, 5) is 49.7. The predicted molar refractivity (Wildman–Crippen MR) is 108 cm³/mol. The van der Waals surface area contributed by atoms with Crippen LogP contribution in [0.2, 0.25) is 0 Å². The maximum absolute atomic E-state index is 13.8. The Kier molecular flexibility index (Phi) is 4.52. The van der Waals surface area contributed by atoms with E-state index in [2.05, 4.69) is 9.97 Å². The summed E-state index contributed by atoms with van der Waals surface area (Å²) in [6.07, 6.45) is 3.95. The normalized spacial score (nSPS) is 31.1. The first-order valence-electron chi connectivity index (χ1n) is 10.0. The Morgan fingerprint density at radius 2 is 1.37 bits per heavy atom. The van der Waals surface area contributed by atoms with Crippen LogP contribution in [-0.4, -0.2) is 37.8 Å². The average Bonchev–Trinajstić information content (AvgIpc) is 2.70. The molecule has 0 spiro atoms. The smallest absolute Gasteiger partial charge is 0.309 e. The molecule has 1 saturated carbocycles. The number of hydrogen-bond donors (Lipinski definition) is 1. The van der Waals surface area contributed by atoms with E-state index in [1.165, 1.54) is 4.90 Å². The Morgan fingerprint density at radius 3 is 1.73 bits per heavy atom. The third-order valence-electron chi connectivity index (χ3n) is 6.52. The van der Waals surface area contributed by atoms with Crippen molar-refractivity contribution in [2.45, 2.75) is 46.1 Å². The van der Waals surface area contributed by atoms with Crippen LogP contribution in [0.1, 0.15) is 57.5 Å². The number of aromatic nitrogens is 2. The zero-order chi connectivity index (χ0) is 21.7. The number of piperidine rings is 1. The van der Waals surface area contributed by atoms with Gasteiger partial charge in [-0.3, -0.25) is 29.3 Å². The maximum atomic E-state index is 13.8. The lowest BCUT2D eigenvalue weighted by Gasteiger charge is -2.56. The lowest BCUT2D eigenvalue weighted by molar-refractivity contribution is -0.185. The summed E-state index contributed by atoms with van der Waals surface area (Å²) in [5, 5.41) is 9.83. The molecule has 2 aromatic rings. The highest BCUT2D eigenvalue weighted by Crippen LogP contribution is 2.59. The second kappa shape index (κ2) is 6.72. The van der Waals surface area contributed by atoms with E-state index in [4.69, 9.17) is 0 Å². The summed E-state index contributed by atoms with van der Waals surface area (Å²) in [5.41, 5.74) is -1.96. The van der Waals surface area contributed by atoms with Gasteiger partial charge in [-0.25, -0.2) is 0 Å². The Bertz CT molecular complexity index is 940. The molecule has 0 aromatic carbocycles. The van der Waals surface area contributed by atoms with Gasteiger partial charge < -0.3 is 5.11 Å². The van der Waals surface area contributed by atoms with Crippen molar-refractivity contribution in [3.63, 3.8) is 0 Å². The van der Waals surface area contributed by atoms with Crippen LogP contribution in [0.3, 0.4) is 0 Å². The number of hydrogen-bond acceptors (Lipinski definition) is 5. The van der Waals surface area contributed by atoms with E-state index in [0.29, 0.717) is 17.8 Å². The van der Waals surface area contributed by atoms with E-state index in [9.17, 15) is 19.5 Å². The van der Waals surface area contributed by atoms with Gasteiger partial charge in [-0.15, -0.1) is 0 Å². The minimum absolute atomic E-state index is 0.185. The number of carboxylic acids is 1. The lowest BCUT2D eigenvalue weighted by atomic mass is 9.51. The van der Waals surface area contributed by atoms with Gasteiger partial charge in [0.2, 0.25) is 11.8 Å².